The van der Waals surface area contributed by atoms with Gasteiger partial charge in [-0.15, -0.1) is 0 Å². The Morgan fingerprint density at radius 1 is 1.06 bits per heavy atom. The molecule has 1 N–H and O–H groups in total. The normalized spacial score (nSPS) is 17.6. The maximum Gasteiger partial charge on any atom is 0.243 e. The quantitative estimate of drug-likeness (QED) is 0.617. The average molecular weight is 452 g/mol. The predicted octanol–water partition coefficient (Wildman–Crippen LogP) is 3.88. The van der Waals surface area contributed by atoms with Gasteiger partial charge in [0.1, 0.15) is 11.5 Å². The molecule has 7 nitrogen and oxygen atoms in total. The van der Waals surface area contributed by atoms with Gasteiger partial charge in [-0.3, -0.25) is 4.99 Å². The third-order valence-electron chi connectivity index (χ3n) is 6.30. The van der Waals surface area contributed by atoms with E-state index in [2.05, 4.69) is 39.8 Å². The number of nitrogens with zero attached hydrogens (tertiary/aromatic N) is 4. The van der Waals surface area contributed by atoms with Crippen LogP contribution in [0.1, 0.15) is 32.4 Å². The van der Waals surface area contributed by atoms with Gasteiger partial charge in [-0.05, 0) is 48.2 Å². The van der Waals surface area contributed by atoms with Crippen LogP contribution in [0.25, 0.3) is 22.2 Å². The van der Waals surface area contributed by atoms with Crippen molar-refractivity contribution in [2.75, 3.05) is 26.2 Å². The largest absolute Gasteiger partial charge is 0.352 e. The van der Waals surface area contributed by atoms with Crippen molar-refractivity contribution in [2.45, 2.75) is 38.1 Å². The van der Waals surface area contributed by atoms with Crippen molar-refractivity contribution in [3.05, 3.63) is 48.3 Å². The van der Waals surface area contributed by atoms with E-state index in [1.165, 1.54) is 0 Å². The van der Waals surface area contributed by atoms with Crippen molar-refractivity contribution in [3.8, 4) is 11.1 Å². The standard InChI is InChI=1S/C24H29N5O2S/c1-17(2)24-26-11-14-28(24)16-19-15-22-21(9-10-25-23(22)27-19)18-5-7-20(8-6-18)32(30,31)29-12-3-4-13-29/h5-10,15,17H,3-4,11-14,16H2,1-2H3,(H,25,27). The number of aliphatic imine (C=N–C) groups is 1. The minimum absolute atomic E-state index is 0.359. The Morgan fingerprint density at radius 3 is 2.53 bits per heavy atom. The second-order valence-corrected chi connectivity index (χ2v) is 10.8. The zero-order valence-corrected chi connectivity index (χ0v) is 19.4. The highest BCUT2D eigenvalue weighted by atomic mass is 32.2. The Kier molecular flexibility index (Phi) is 5.51. The summed E-state index contributed by atoms with van der Waals surface area (Å²) >= 11 is 0. The molecule has 0 atom stereocenters. The summed E-state index contributed by atoms with van der Waals surface area (Å²) in [6.07, 6.45) is 3.66. The van der Waals surface area contributed by atoms with Crippen LogP contribution in [0.5, 0.6) is 0 Å². The number of hydrogen-bond donors (Lipinski definition) is 1. The molecule has 8 heteroatoms. The third kappa shape index (κ3) is 3.82. The number of nitrogens with one attached hydrogen (secondary N) is 1. The molecule has 2 aromatic heterocycles. The lowest BCUT2D eigenvalue weighted by molar-refractivity contribution is 0.429. The first-order chi connectivity index (χ1) is 15.4. The zero-order chi connectivity index (χ0) is 22.3. The fourth-order valence-corrected chi connectivity index (χ4v) is 6.23. The number of rotatable bonds is 6. The van der Waals surface area contributed by atoms with Gasteiger partial charge < -0.3 is 9.88 Å². The Hall–Kier alpha value is -2.71. The monoisotopic (exact) mass is 451 g/mol. The number of aromatic amines is 1. The van der Waals surface area contributed by atoms with Crippen LogP contribution >= 0.6 is 0 Å². The fourth-order valence-electron chi connectivity index (χ4n) is 4.72. The first-order valence-corrected chi connectivity index (χ1v) is 12.7. The molecule has 168 valence electrons. The maximum atomic E-state index is 12.8. The first-order valence-electron chi connectivity index (χ1n) is 11.3. The van der Waals surface area contributed by atoms with Gasteiger partial charge in [0.25, 0.3) is 0 Å². The number of pyridine rings is 1. The third-order valence-corrected chi connectivity index (χ3v) is 8.21. The van der Waals surface area contributed by atoms with Crippen LogP contribution in [0.2, 0.25) is 0 Å². The van der Waals surface area contributed by atoms with Crippen LogP contribution in [-0.2, 0) is 16.6 Å². The van der Waals surface area contributed by atoms with Crippen LogP contribution in [0.15, 0.2) is 52.5 Å². The fraction of sp³-hybridized carbons (Fsp3) is 0.417. The van der Waals surface area contributed by atoms with Crippen molar-refractivity contribution in [2.24, 2.45) is 10.9 Å². The second-order valence-electron chi connectivity index (χ2n) is 8.87. The van der Waals surface area contributed by atoms with Crippen molar-refractivity contribution in [1.82, 2.24) is 19.2 Å². The van der Waals surface area contributed by atoms with E-state index in [1.54, 1.807) is 22.6 Å². The second kappa shape index (κ2) is 8.33. The number of benzene rings is 1. The first kappa shape index (κ1) is 21.2. The van der Waals surface area contributed by atoms with Crippen LogP contribution < -0.4 is 0 Å². The minimum Gasteiger partial charge on any atom is -0.352 e. The molecule has 5 rings (SSSR count). The number of fused-ring (bicyclic) bond motifs is 1. The molecule has 1 aromatic carbocycles. The SMILES string of the molecule is CC(C)C1=NCCN1Cc1cc2c(-c3ccc(S(=O)(=O)N4CCCC4)cc3)ccnc2[nH]1. The van der Waals surface area contributed by atoms with E-state index in [-0.39, 0.29) is 0 Å². The van der Waals surface area contributed by atoms with E-state index in [0.29, 0.717) is 23.9 Å². The van der Waals surface area contributed by atoms with Crippen LogP contribution in [0, 0.1) is 5.92 Å². The molecule has 2 aliphatic rings. The molecule has 0 saturated carbocycles. The molecule has 0 amide bonds. The summed E-state index contributed by atoms with van der Waals surface area (Å²) in [5.41, 5.74) is 3.97. The number of sulfonamides is 1. The number of aromatic nitrogens is 2. The van der Waals surface area contributed by atoms with E-state index in [0.717, 1.165) is 66.2 Å². The predicted molar refractivity (Wildman–Crippen MR) is 127 cm³/mol. The maximum absolute atomic E-state index is 12.8. The summed E-state index contributed by atoms with van der Waals surface area (Å²) in [7, 11) is -3.40. The van der Waals surface area contributed by atoms with Crippen molar-refractivity contribution >= 4 is 26.9 Å². The number of H-pyrrole nitrogens is 1. The summed E-state index contributed by atoms with van der Waals surface area (Å²) in [6.45, 7) is 8.15. The minimum atomic E-state index is -3.40. The summed E-state index contributed by atoms with van der Waals surface area (Å²) in [5, 5.41) is 1.04. The molecular formula is C24H29N5O2S. The molecule has 0 bridgehead atoms. The zero-order valence-electron chi connectivity index (χ0n) is 18.6. The van der Waals surface area contributed by atoms with Crippen molar-refractivity contribution < 1.29 is 8.42 Å². The van der Waals surface area contributed by atoms with Gasteiger partial charge in [0, 0.05) is 42.8 Å². The molecule has 4 heterocycles. The van der Waals surface area contributed by atoms with Gasteiger partial charge in [0.15, 0.2) is 0 Å². The molecular weight excluding hydrogens is 422 g/mol. The van der Waals surface area contributed by atoms with Gasteiger partial charge in [-0.25, -0.2) is 13.4 Å². The molecule has 0 spiro atoms. The molecule has 0 aliphatic carbocycles. The van der Waals surface area contributed by atoms with Crippen LogP contribution in [-0.4, -0.2) is 59.6 Å². The number of amidine groups is 1. The van der Waals surface area contributed by atoms with Gasteiger partial charge in [-0.2, -0.15) is 4.31 Å². The van der Waals surface area contributed by atoms with Crippen molar-refractivity contribution in [3.63, 3.8) is 0 Å². The molecule has 1 fully saturated rings. The summed E-state index contributed by atoms with van der Waals surface area (Å²) in [6, 6.07) is 11.4. The lowest BCUT2D eigenvalue weighted by atomic mass is 10.0. The summed E-state index contributed by atoms with van der Waals surface area (Å²) in [5.74, 6) is 1.57. The van der Waals surface area contributed by atoms with Crippen molar-refractivity contribution in [1.29, 1.82) is 0 Å². The molecule has 0 unspecified atom stereocenters. The highest BCUT2D eigenvalue weighted by molar-refractivity contribution is 7.89. The number of hydrogen-bond acceptors (Lipinski definition) is 5. The Morgan fingerprint density at radius 2 is 1.81 bits per heavy atom. The van der Waals surface area contributed by atoms with Crippen LogP contribution in [0.3, 0.4) is 0 Å². The molecule has 0 radical (unpaired) electrons. The van der Waals surface area contributed by atoms with Gasteiger partial charge in [0.2, 0.25) is 10.0 Å². The molecule has 1 saturated heterocycles. The van der Waals surface area contributed by atoms with E-state index in [9.17, 15) is 8.42 Å². The summed E-state index contributed by atoms with van der Waals surface area (Å²) in [4.78, 5) is 15.3. The Bertz CT molecular complexity index is 1260. The Labute approximate surface area is 189 Å². The van der Waals surface area contributed by atoms with E-state index < -0.39 is 10.0 Å². The lowest BCUT2D eigenvalue weighted by Gasteiger charge is -2.21. The van der Waals surface area contributed by atoms with Crippen LogP contribution in [0.4, 0.5) is 0 Å². The van der Waals surface area contributed by atoms with Gasteiger partial charge in [0.05, 0.1) is 18.0 Å². The van der Waals surface area contributed by atoms with Gasteiger partial charge >= 0.3 is 0 Å². The Balaban J connectivity index is 1.43. The highest BCUT2D eigenvalue weighted by Gasteiger charge is 2.27. The molecule has 2 aliphatic heterocycles. The van der Waals surface area contributed by atoms with E-state index in [1.807, 2.05) is 18.2 Å². The van der Waals surface area contributed by atoms with E-state index >= 15 is 0 Å². The topological polar surface area (TPSA) is 81.7 Å². The smallest absolute Gasteiger partial charge is 0.243 e. The van der Waals surface area contributed by atoms with Gasteiger partial charge in [-0.1, -0.05) is 26.0 Å². The molecule has 3 aromatic rings. The molecule has 32 heavy (non-hydrogen) atoms. The van der Waals surface area contributed by atoms with E-state index in [4.69, 9.17) is 0 Å². The lowest BCUT2D eigenvalue weighted by Crippen LogP contribution is -2.30. The summed E-state index contributed by atoms with van der Waals surface area (Å²) < 4.78 is 27.2. The average Bonchev–Trinajstić information content (AvgIpc) is 3.54. The highest BCUT2D eigenvalue weighted by Crippen LogP contribution is 2.30.